The molecule has 0 fully saturated rings. The number of rotatable bonds is 5. The number of oxazole rings is 1. The van der Waals surface area contributed by atoms with Gasteiger partial charge in [-0.25, -0.2) is 9.37 Å². The Labute approximate surface area is 152 Å². The highest BCUT2D eigenvalue weighted by Crippen LogP contribution is 2.24. The second-order valence-corrected chi connectivity index (χ2v) is 6.42. The van der Waals surface area contributed by atoms with Gasteiger partial charge < -0.3 is 14.2 Å². The van der Waals surface area contributed by atoms with Crippen LogP contribution < -0.4 is 5.32 Å². The fourth-order valence-electron chi connectivity index (χ4n) is 2.39. The largest absolute Gasteiger partial charge is 0.451 e. The highest BCUT2D eigenvalue weighted by Gasteiger charge is 2.14. The number of hydrogen-bond acceptors (Lipinski definition) is 5. The average Bonchev–Trinajstić information content (AvgIpc) is 3.41. The molecule has 3 aromatic heterocycles. The van der Waals surface area contributed by atoms with Gasteiger partial charge in [0.05, 0.1) is 17.1 Å². The lowest BCUT2D eigenvalue weighted by Crippen LogP contribution is -2.22. The summed E-state index contributed by atoms with van der Waals surface area (Å²) in [5, 5.41) is 4.68. The zero-order valence-electron chi connectivity index (χ0n) is 13.4. The lowest BCUT2D eigenvalue weighted by molar-refractivity contribution is 0.0923. The van der Waals surface area contributed by atoms with Crippen LogP contribution in [0.3, 0.4) is 0 Å². The third kappa shape index (κ3) is 3.43. The van der Waals surface area contributed by atoms with Crippen molar-refractivity contribution < 1.29 is 18.0 Å². The third-order valence-electron chi connectivity index (χ3n) is 3.67. The van der Waals surface area contributed by atoms with Crippen molar-refractivity contribution in [3.63, 3.8) is 0 Å². The van der Waals surface area contributed by atoms with Crippen molar-refractivity contribution in [2.45, 2.75) is 6.54 Å². The molecule has 0 atom stereocenters. The molecule has 4 aromatic rings. The Morgan fingerprint density at radius 3 is 2.77 bits per heavy atom. The predicted molar refractivity (Wildman–Crippen MR) is 95.1 cm³/mol. The molecule has 0 radical (unpaired) electrons. The van der Waals surface area contributed by atoms with Gasteiger partial charge in [-0.2, -0.15) is 0 Å². The lowest BCUT2D eigenvalue weighted by Gasteiger charge is -2.00. The summed E-state index contributed by atoms with van der Waals surface area (Å²) < 4.78 is 23.9. The number of carbonyl (C=O) groups excluding carboxylic acids is 1. The van der Waals surface area contributed by atoms with E-state index in [1.165, 1.54) is 29.7 Å². The minimum atomic E-state index is -0.362. The molecule has 0 bridgehead atoms. The van der Waals surface area contributed by atoms with Gasteiger partial charge in [0.2, 0.25) is 5.89 Å². The van der Waals surface area contributed by atoms with Gasteiger partial charge in [0.25, 0.3) is 5.91 Å². The van der Waals surface area contributed by atoms with E-state index in [1.54, 1.807) is 24.3 Å². The molecule has 0 aliphatic rings. The van der Waals surface area contributed by atoms with E-state index in [0.29, 0.717) is 22.9 Å². The first kappa shape index (κ1) is 16.3. The van der Waals surface area contributed by atoms with Crippen LogP contribution in [0.4, 0.5) is 4.39 Å². The minimum absolute atomic E-state index is 0.173. The highest BCUT2D eigenvalue weighted by molar-refractivity contribution is 7.13. The van der Waals surface area contributed by atoms with E-state index < -0.39 is 0 Å². The van der Waals surface area contributed by atoms with Gasteiger partial charge >= 0.3 is 0 Å². The Morgan fingerprint density at radius 2 is 2.00 bits per heavy atom. The molecule has 4 rings (SSSR count). The minimum Gasteiger partial charge on any atom is -0.451 e. The predicted octanol–water partition coefficient (Wildman–Crippen LogP) is 4.73. The monoisotopic (exact) mass is 368 g/mol. The van der Waals surface area contributed by atoms with Crippen LogP contribution in [-0.2, 0) is 6.54 Å². The smallest absolute Gasteiger partial charge is 0.287 e. The summed E-state index contributed by atoms with van der Waals surface area (Å²) in [5.41, 5.74) is 1.31. The van der Waals surface area contributed by atoms with Gasteiger partial charge in [0, 0.05) is 5.56 Å². The van der Waals surface area contributed by atoms with Gasteiger partial charge in [-0.3, -0.25) is 4.79 Å². The molecule has 0 spiro atoms. The average molecular weight is 368 g/mol. The quantitative estimate of drug-likeness (QED) is 0.553. The maximum Gasteiger partial charge on any atom is 0.287 e. The van der Waals surface area contributed by atoms with E-state index in [0.717, 1.165) is 4.88 Å². The van der Waals surface area contributed by atoms with E-state index in [4.69, 9.17) is 8.83 Å². The molecule has 7 heteroatoms. The lowest BCUT2D eigenvalue weighted by atomic mass is 10.2. The summed E-state index contributed by atoms with van der Waals surface area (Å²) in [6, 6.07) is 13.0. The Morgan fingerprint density at radius 1 is 1.15 bits per heavy atom. The molecule has 0 saturated carbocycles. The van der Waals surface area contributed by atoms with Gasteiger partial charge in [0.1, 0.15) is 17.8 Å². The van der Waals surface area contributed by atoms with E-state index in [1.807, 2.05) is 17.5 Å². The van der Waals surface area contributed by atoms with Crippen LogP contribution in [0, 0.1) is 5.82 Å². The Hall–Kier alpha value is -3.19. The molecule has 0 aliphatic carbocycles. The zero-order chi connectivity index (χ0) is 17.9. The zero-order valence-corrected chi connectivity index (χ0v) is 14.3. The van der Waals surface area contributed by atoms with Crippen LogP contribution >= 0.6 is 11.3 Å². The molecule has 5 nitrogen and oxygen atoms in total. The number of aromatic nitrogens is 1. The molecule has 26 heavy (non-hydrogen) atoms. The number of thiophene rings is 1. The summed E-state index contributed by atoms with van der Waals surface area (Å²) in [5.74, 6) is 0.510. The van der Waals surface area contributed by atoms with Gasteiger partial charge in [-0.05, 0) is 47.8 Å². The first-order valence-corrected chi connectivity index (χ1v) is 8.69. The molecule has 0 unspecified atom stereocenters. The highest BCUT2D eigenvalue weighted by atomic mass is 32.1. The molecular formula is C19H13FN2O3S. The molecule has 0 saturated heterocycles. The Bertz CT molecular complexity index is 1020. The molecular weight excluding hydrogens is 355 g/mol. The molecule has 1 N–H and O–H groups in total. The van der Waals surface area contributed by atoms with Crippen LogP contribution in [0.1, 0.15) is 16.2 Å². The number of amides is 1. The molecule has 3 heterocycles. The first-order valence-electron chi connectivity index (χ1n) is 7.81. The third-order valence-corrected chi connectivity index (χ3v) is 4.53. The number of halogens is 1. The fraction of sp³-hybridized carbons (Fsp3) is 0.0526. The molecule has 1 aromatic carbocycles. The van der Waals surface area contributed by atoms with Gasteiger partial charge in [-0.15, -0.1) is 11.3 Å². The fourth-order valence-corrected chi connectivity index (χ4v) is 3.04. The number of carbonyl (C=O) groups is 1. The summed E-state index contributed by atoms with van der Waals surface area (Å²) in [4.78, 5) is 17.5. The number of nitrogens with one attached hydrogen (secondary N) is 1. The van der Waals surface area contributed by atoms with E-state index >= 15 is 0 Å². The maximum atomic E-state index is 13.0. The second-order valence-electron chi connectivity index (χ2n) is 5.47. The standard InChI is InChI=1S/C19H13FN2O3S/c20-13-5-3-12(4-6-13)15-7-8-16(25-15)18(23)21-10-14-11-24-19(22-14)17-2-1-9-26-17/h1-9,11H,10H2,(H,21,23). The number of hydrogen-bond donors (Lipinski definition) is 1. The van der Waals surface area contributed by atoms with Crippen molar-refractivity contribution in [3.05, 3.63) is 77.4 Å². The topological polar surface area (TPSA) is 68.3 Å². The van der Waals surface area contributed by atoms with Gasteiger partial charge in [-0.1, -0.05) is 6.07 Å². The summed E-state index contributed by atoms with van der Waals surface area (Å²) in [7, 11) is 0. The van der Waals surface area contributed by atoms with E-state index in [-0.39, 0.29) is 24.0 Å². The van der Waals surface area contributed by atoms with Crippen LogP contribution in [-0.4, -0.2) is 10.9 Å². The second kappa shape index (κ2) is 6.97. The van der Waals surface area contributed by atoms with Crippen molar-refractivity contribution in [3.8, 4) is 22.1 Å². The normalized spacial score (nSPS) is 10.8. The number of nitrogens with zero attached hydrogens (tertiary/aromatic N) is 1. The van der Waals surface area contributed by atoms with Crippen LogP contribution in [0.15, 0.2) is 69.0 Å². The van der Waals surface area contributed by atoms with Crippen LogP contribution in [0.5, 0.6) is 0 Å². The van der Waals surface area contributed by atoms with Crippen LogP contribution in [0.2, 0.25) is 0 Å². The van der Waals surface area contributed by atoms with Gasteiger partial charge in [0.15, 0.2) is 5.76 Å². The van der Waals surface area contributed by atoms with E-state index in [9.17, 15) is 9.18 Å². The summed E-state index contributed by atoms with van der Waals surface area (Å²) >= 11 is 1.53. The Balaban J connectivity index is 1.40. The number of furan rings is 1. The van der Waals surface area contributed by atoms with E-state index in [2.05, 4.69) is 10.3 Å². The summed E-state index contributed by atoms with van der Waals surface area (Å²) in [6.45, 7) is 0.223. The number of benzene rings is 1. The first-order chi connectivity index (χ1) is 12.7. The van der Waals surface area contributed by atoms with Crippen molar-refractivity contribution in [1.29, 1.82) is 0 Å². The summed E-state index contributed by atoms with van der Waals surface area (Å²) in [6.07, 6.45) is 1.52. The van der Waals surface area contributed by atoms with Crippen molar-refractivity contribution in [2.24, 2.45) is 0 Å². The van der Waals surface area contributed by atoms with Crippen molar-refractivity contribution >= 4 is 17.2 Å². The van der Waals surface area contributed by atoms with Crippen LogP contribution in [0.25, 0.3) is 22.1 Å². The van der Waals surface area contributed by atoms with Crippen molar-refractivity contribution in [2.75, 3.05) is 0 Å². The SMILES string of the molecule is O=C(NCc1coc(-c2cccs2)n1)c1ccc(-c2ccc(F)cc2)o1. The molecule has 0 aliphatic heterocycles. The van der Waals surface area contributed by atoms with Crippen molar-refractivity contribution in [1.82, 2.24) is 10.3 Å². The molecule has 1 amide bonds. The maximum absolute atomic E-state index is 13.0. The Kier molecular flexibility index (Phi) is 4.37. The molecule has 130 valence electrons.